The molecule has 2 aromatic carbocycles. The number of rotatable bonds is 4. The number of hydrogen-bond donors (Lipinski definition) is 1. The van der Waals surface area contributed by atoms with Gasteiger partial charge in [-0.05, 0) is 41.2 Å². The smallest absolute Gasteiger partial charge is 0.243 e. The fourth-order valence-electron chi connectivity index (χ4n) is 3.35. The van der Waals surface area contributed by atoms with Crippen LogP contribution in [-0.2, 0) is 14.8 Å². The summed E-state index contributed by atoms with van der Waals surface area (Å²) in [6.07, 6.45) is 1.42. The number of nitrogens with zero attached hydrogens (tertiary/aromatic N) is 1. The molecule has 0 bridgehead atoms. The summed E-state index contributed by atoms with van der Waals surface area (Å²) in [6.45, 7) is 7.46. The quantitative estimate of drug-likeness (QED) is 0.873. The second kappa shape index (κ2) is 7.60. The number of carbonyl (C=O) groups is 1. The minimum absolute atomic E-state index is 0.00118. The van der Waals surface area contributed by atoms with Gasteiger partial charge in [-0.3, -0.25) is 4.79 Å². The highest BCUT2D eigenvalue weighted by Gasteiger charge is 2.33. The van der Waals surface area contributed by atoms with Gasteiger partial charge in [-0.2, -0.15) is 4.31 Å². The number of sulfonamides is 1. The van der Waals surface area contributed by atoms with Gasteiger partial charge in [-0.1, -0.05) is 51.1 Å². The van der Waals surface area contributed by atoms with Crippen LogP contribution in [0.15, 0.2) is 47.4 Å². The molecule has 1 atom stereocenters. The fourth-order valence-corrected chi connectivity index (χ4v) is 4.91. The molecule has 6 heteroatoms. The molecule has 1 saturated heterocycles. The van der Waals surface area contributed by atoms with E-state index < -0.39 is 10.0 Å². The van der Waals surface area contributed by atoms with Crippen LogP contribution in [0.3, 0.4) is 0 Å². The summed E-state index contributed by atoms with van der Waals surface area (Å²) >= 11 is 0. The topological polar surface area (TPSA) is 66.5 Å². The molecule has 0 aromatic heterocycles. The van der Waals surface area contributed by atoms with Crippen molar-refractivity contribution in [3.05, 3.63) is 42.5 Å². The zero-order valence-electron chi connectivity index (χ0n) is 16.2. The van der Waals surface area contributed by atoms with E-state index in [1.807, 2.05) is 30.3 Å². The van der Waals surface area contributed by atoms with Gasteiger partial charge < -0.3 is 5.32 Å². The van der Waals surface area contributed by atoms with Gasteiger partial charge in [0.25, 0.3) is 0 Å². The van der Waals surface area contributed by atoms with Gasteiger partial charge in [0.2, 0.25) is 15.9 Å². The Morgan fingerprint density at radius 1 is 1.15 bits per heavy atom. The van der Waals surface area contributed by atoms with E-state index in [0.717, 1.165) is 17.2 Å². The van der Waals surface area contributed by atoms with Gasteiger partial charge in [0.05, 0.1) is 10.8 Å². The van der Waals surface area contributed by atoms with Crippen molar-refractivity contribution in [2.45, 2.75) is 38.5 Å². The molecule has 1 N–H and O–H groups in total. The molecule has 2 aromatic rings. The Morgan fingerprint density at radius 2 is 1.85 bits per heavy atom. The molecule has 1 aliphatic rings. The summed E-state index contributed by atoms with van der Waals surface area (Å²) in [5.74, 6) is -0.348. The lowest BCUT2D eigenvalue weighted by Crippen LogP contribution is -2.46. The predicted molar refractivity (Wildman–Crippen MR) is 108 cm³/mol. The maximum atomic E-state index is 13.1. The van der Waals surface area contributed by atoms with E-state index in [1.54, 1.807) is 12.1 Å². The largest absolute Gasteiger partial charge is 0.355 e. The van der Waals surface area contributed by atoms with E-state index in [1.165, 1.54) is 4.31 Å². The number of carbonyl (C=O) groups excluding carboxylic acids is 1. The lowest BCUT2D eigenvalue weighted by Gasteiger charge is -2.32. The number of fused-ring (bicyclic) bond motifs is 1. The van der Waals surface area contributed by atoms with E-state index in [0.29, 0.717) is 19.5 Å². The van der Waals surface area contributed by atoms with Crippen LogP contribution in [0.2, 0.25) is 0 Å². The molecule has 1 amide bonds. The van der Waals surface area contributed by atoms with Crippen LogP contribution in [0, 0.1) is 11.3 Å². The van der Waals surface area contributed by atoms with Crippen molar-refractivity contribution < 1.29 is 13.2 Å². The average Bonchev–Trinajstić information content (AvgIpc) is 2.65. The molecular formula is C21H28N2O3S. The van der Waals surface area contributed by atoms with Gasteiger partial charge in [0.15, 0.2) is 0 Å². The first kappa shape index (κ1) is 19.8. The molecule has 0 saturated carbocycles. The highest BCUT2D eigenvalue weighted by Crippen LogP contribution is 2.26. The summed E-state index contributed by atoms with van der Waals surface area (Å²) in [6, 6.07) is 12.9. The minimum Gasteiger partial charge on any atom is -0.355 e. The van der Waals surface area contributed by atoms with E-state index in [2.05, 4.69) is 26.1 Å². The standard InChI is InChI=1S/C21H28N2O3S/c1-21(2,3)15-22-20(24)18-9-6-12-23(14-18)27(25,26)19-11-10-16-7-4-5-8-17(16)13-19/h4-5,7-8,10-11,13,18H,6,9,12,14-15H2,1-3H3,(H,22,24). The molecule has 3 rings (SSSR count). The Balaban J connectivity index is 1.76. The molecule has 1 unspecified atom stereocenters. The minimum atomic E-state index is -3.61. The molecule has 27 heavy (non-hydrogen) atoms. The zero-order chi connectivity index (χ0) is 19.7. The molecule has 146 valence electrons. The molecular weight excluding hydrogens is 360 g/mol. The van der Waals surface area contributed by atoms with Gasteiger partial charge >= 0.3 is 0 Å². The average molecular weight is 389 g/mol. The number of hydrogen-bond acceptors (Lipinski definition) is 3. The van der Waals surface area contributed by atoms with E-state index >= 15 is 0 Å². The monoisotopic (exact) mass is 388 g/mol. The molecule has 0 spiro atoms. The summed E-state index contributed by atoms with van der Waals surface area (Å²) in [5, 5.41) is 4.87. The lowest BCUT2D eigenvalue weighted by molar-refractivity contribution is -0.126. The third-order valence-corrected chi connectivity index (χ3v) is 6.77. The Morgan fingerprint density at radius 3 is 2.56 bits per heavy atom. The first-order chi connectivity index (χ1) is 12.7. The van der Waals surface area contributed by atoms with Crippen LogP contribution in [-0.4, -0.2) is 38.3 Å². The van der Waals surface area contributed by atoms with Crippen LogP contribution >= 0.6 is 0 Å². The zero-order valence-corrected chi connectivity index (χ0v) is 17.1. The molecule has 0 aliphatic carbocycles. The predicted octanol–water partition coefficient (Wildman–Crippen LogP) is 3.40. The van der Waals surface area contributed by atoms with Crippen molar-refractivity contribution >= 4 is 26.7 Å². The number of benzene rings is 2. The van der Waals surface area contributed by atoms with Crippen molar-refractivity contribution in [3.8, 4) is 0 Å². The van der Waals surface area contributed by atoms with E-state index in [9.17, 15) is 13.2 Å². The Kier molecular flexibility index (Phi) is 5.58. The van der Waals surface area contributed by atoms with Gasteiger partial charge in [0, 0.05) is 19.6 Å². The van der Waals surface area contributed by atoms with Crippen LogP contribution < -0.4 is 5.32 Å². The van der Waals surface area contributed by atoms with E-state index in [4.69, 9.17) is 0 Å². The molecule has 1 fully saturated rings. The second-order valence-electron chi connectivity index (χ2n) is 8.49. The van der Waals surface area contributed by atoms with Crippen LogP contribution in [0.25, 0.3) is 10.8 Å². The van der Waals surface area contributed by atoms with Crippen molar-refractivity contribution in [1.29, 1.82) is 0 Å². The van der Waals surface area contributed by atoms with Crippen molar-refractivity contribution in [1.82, 2.24) is 9.62 Å². The van der Waals surface area contributed by atoms with Crippen LogP contribution in [0.1, 0.15) is 33.6 Å². The van der Waals surface area contributed by atoms with E-state index in [-0.39, 0.29) is 28.7 Å². The van der Waals surface area contributed by atoms with Crippen LogP contribution in [0.5, 0.6) is 0 Å². The second-order valence-corrected chi connectivity index (χ2v) is 10.4. The van der Waals surface area contributed by atoms with Crippen LogP contribution in [0.4, 0.5) is 0 Å². The molecule has 1 heterocycles. The number of amides is 1. The highest BCUT2D eigenvalue weighted by molar-refractivity contribution is 7.89. The number of piperidine rings is 1. The van der Waals surface area contributed by atoms with Gasteiger partial charge in [-0.15, -0.1) is 0 Å². The third-order valence-electron chi connectivity index (χ3n) is 4.91. The Bertz CT molecular complexity index is 932. The molecule has 1 aliphatic heterocycles. The first-order valence-electron chi connectivity index (χ1n) is 9.43. The maximum Gasteiger partial charge on any atom is 0.243 e. The van der Waals surface area contributed by atoms with Crippen molar-refractivity contribution in [2.75, 3.05) is 19.6 Å². The molecule has 0 radical (unpaired) electrons. The maximum absolute atomic E-state index is 13.1. The highest BCUT2D eigenvalue weighted by atomic mass is 32.2. The number of nitrogens with one attached hydrogen (secondary N) is 1. The summed E-state index contributed by atoms with van der Waals surface area (Å²) in [4.78, 5) is 12.8. The normalized spacial score (nSPS) is 19.1. The summed E-state index contributed by atoms with van der Waals surface area (Å²) in [5.41, 5.74) is 0.00118. The Labute approximate surface area is 161 Å². The van der Waals surface area contributed by atoms with Crippen molar-refractivity contribution in [3.63, 3.8) is 0 Å². The lowest BCUT2D eigenvalue weighted by atomic mass is 9.95. The fraction of sp³-hybridized carbons (Fsp3) is 0.476. The SMILES string of the molecule is CC(C)(C)CNC(=O)C1CCCN(S(=O)(=O)c2ccc3ccccc3c2)C1. The first-order valence-corrected chi connectivity index (χ1v) is 10.9. The van der Waals surface area contributed by atoms with Gasteiger partial charge in [-0.25, -0.2) is 8.42 Å². The van der Waals surface area contributed by atoms with Crippen molar-refractivity contribution in [2.24, 2.45) is 11.3 Å². The summed E-state index contributed by atoms with van der Waals surface area (Å²) < 4.78 is 27.7. The third kappa shape index (κ3) is 4.68. The molecule has 5 nitrogen and oxygen atoms in total. The summed E-state index contributed by atoms with van der Waals surface area (Å²) in [7, 11) is -3.61. The Hall–Kier alpha value is -1.92. The van der Waals surface area contributed by atoms with Gasteiger partial charge in [0.1, 0.15) is 0 Å².